The third-order valence-corrected chi connectivity index (χ3v) is 6.61. The van der Waals surface area contributed by atoms with Gasteiger partial charge in [-0.3, -0.25) is 4.79 Å². The van der Waals surface area contributed by atoms with E-state index in [1.54, 1.807) is 16.8 Å². The minimum absolute atomic E-state index is 0.0230. The molecule has 1 aromatic carbocycles. The molecule has 1 amide bonds. The van der Waals surface area contributed by atoms with Gasteiger partial charge in [0.15, 0.2) is 5.82 Å². The van der Waals surface area contributed by atoms with Crippen LogP contribution in [0.4, 0.5) is 0 Å². The average Bonchev–Trinajstić information content (AvgIpc) is 3.45. The van der Waals surface area contributed by atoms with Gasteiger partial charge in [0.25, 0.3) is 5.91 Å². The molecule has 138 valence electrons. The van der Waals surface area contributed by atoms with Crippen molar-refractivity contribution in [3.8, 4) is 5.75 Å². The first-order valence-electron chi connectivity index (χ1n) is 8.97. The summed E-state index contributed by atoms with van der Waals surface area (Å²) in [6, 6.07) is 10.0. The maximum absolute atomic E-state index is 12.9. The number of fused-ring (bicyclic) bond motifs is 2. The maximum atomic E-state index is 12.9. The first-order chi connectivity index (χ1) is 13.3. The summed E-state index contributed by atoms with van der Waals surface area (Å²) in [5.74, 6) is 2.27. The van der Waals surface area contributed by atoms with Gasteiger partial charge in [-0.1, -0.05) is 23.9 Å². The minimum atomic E-state index is -0.0230. The second-order valence-corrected chi connectivity index (χ2v) is 8.55. The number of ether oxygens (including phenoxy) is 1. The molecule has 3 heterocycles. The predicted octanol–water partition coefficient (Wildman–Crippen LogP) is 3.29. The molecular weight excluding hydrogens is 380 g/mol. The second kappa shape index (κ2) is 7.01. The molecule has 1 aliphatic heterocycles. The summed E-state index contributed by atoms with van der Waals surface area (Å²) in [5, 5.41) is 12.9. The Morgan fingerprint density at radius 3 is 3.00 bits per heavy atom. The second-order valence-electron chi connectivity index (χ2n) is 6.54. The molecule has 0 unspecified atom stereocenters. The molecule has 5 rings (SSSR count). The number of carbonyl (C=O) groups excluding carboxylic acids is 1. The highest BCUT2D eigenvalue weighted by atomic mass is 32.2. The smallest absolute Gasteiger partial charge is 0.282 e. The van der Waals surface area contributed by atoms with E-state index in [0.29, 0.717) is 17.2 Å². The van der Waals surface area contributed by atoms with Crippen molar-refractivity contribution >= 4 is 29.0 Å². The molecule has 0 saturated carbocycles. The first kappa shape index (κ1) is 16.8. The van der Waals surface area contributed by atoms with E-state index in [4.69, 9.17) is 4.74 Å². The van der Waals surface area contributed by atoms with E-state index in [1.165, 1.54) is 28.9 Å². The monoisotopic (exact) mass is 398 g/mol. The van der Waals surface area contributed by atoms with Crippen molar-refractivity contribution in [1.82, 2.24) is 14.9 Å². The minimum Gasteiger partial charge on any atom is -0.486 e. The number of carbonyl (C=O) groups is 1. The number of thioether (sulfide) groups is 1. The standard InChI is InChI=1S/C19H18N4O2S2/c24-18(16-5-2-9-26-16)22-8-10-27-19-21-20-17(23(19)22)12-25-15-7-6-13-3-1-4-14(13)11-15/h2,5-7,9,11H,1,3-4,8,10,12H2. The van der Waals surface area contributed by atoms with Crippen LogP contribution in [0.25, 0.3) is 0 Å². The number of amides is 1. The van der Waals surface area contributed by atoms with Crippen molar-refractivity contribution in [3.63, 3.8) is 0 Å². The highest BCUT2D eigenvalue weighted by Gasteiger charge is 2.28. The number of aryl methyl sites for hydroxylation is 2. The molecule has 0 spiro atoms. The van der Waals surface area contributed by atoms with Gasteiger partial charge in [-0.15, -0.1) is 21.5 Å². The van der Waals surface area contributed by atoms with Crippen LogP contribution in [0, 0.1) is 0 Å². The molecule has 0 atom stereocenters. The Labute approximate surface area is 165 Å². The van der Waals surface area contributed by atoms with E-state index in [1.807, 2.05) is 28.3 Å². The fourth-order valence-electron chi connectivity index (χ4n) is 3.55. The number of thiophene rings is 1. The van der Waals surface area contributed by atoms with Gasteiger partial charge in [-0.25, -0.2) is 9.69 Å². The van der Waals surface area contributed by atoms with Gasteiger partial charge in [0.2, 0.25) is 5.16 Å². The fraction of sp³-hybridized carbons (Fsp3) is 0.316. The van der Waals surface area contributed by atoms with Crippen LogP contribution >= 0.6 is 23.1 Å². The van der Waals surface area contributed by atoms with Crippen LogP contribution in [-0.2, 0) is 19.4 Å². The summed E-state index contributed by atoms with van der Waals surface area (Å²) >= 11 is 3.06. The van der Waals surface area contributed by atoms with Crippen molar-refractivity contribution in [3.05, 3.63) is 57.5 Å². The van der Waals surface area contributed by atoms with Crippen LogP contribution in [0.2, 0.25) is 0 Å². The van der Waals surface area contributed by atoms with E-state index >= 15 is 0 Å². The van der Waals surface area contributed by atoms with Gasteiger partial charge in [0.1, 0.15) is 12.4 Å². The van der Waals surface area contributed by atoms with E-state index in [0.717, 1.165) is 29.5 Å². The molecule has 0 bridgehead atoms. The molecule has 27 heavy (non-hydrogen) atoms. The molecule has 8 heteroatoms. The molecule has 0 saturated heterocycles. The van der Waals surface area contributed by atoms with E-state index in [2.05, 4.69) is 22.3 Å². The van der Waals surface area contributed by atoms with Crippen molar-refractivity contribution in [2.75, 3.05) is 17.3 Å². The Morgan fingerprint density at radius 1 is 1.19 bits per heavy atom. The third kappa shape index (κ3) is 3.12. The molecule has 0 N–H and O–H groups in total. The van der Waals surface area contributed by atoms with E-state index in [9.17, 15) is 4.79 Å². The first-order valence-corrected chi connectivity index (χ1v) is 10.8. The number of benzene rings is 1. The molecule has 3 aromatic rings. The van der Waals surface area contributed by atoms with Gasteiger partial charge < -0.3 is 4.74 Å². The van der Waals surface area contributed by atoms with Crippen LogP contribution in [0.5, 0.6) is 5.75 Å². The van der Waals surface area contributed by atoms with Gasteiger partial charge in [-0.05, 0) is 54.0 Å². The van der Waals surface area contributed by atoms with Gasteiger partial charge >= 0.3 is 0 Å². The zero-order valence-corrected chi connectivity index (χ0v) is 16.3. The number of aromatic nitrogens is 3. The molecule has 6 nitrogen and oxygen atoms in total. The third-order valence-electron chi connectivity index (χ3n) is 4.86. The Hall–Kier alpha value is -2.32. The number of nitrogens with zero attached hydrogens (tertiary/aromatic N) is 4. The zero-order chi connectivity index (χ0) is 18.2. The van der Waals surface area contributed by atoms with Crippen LogP contribution in [0.3, 0.4) is 0 Å². The Balaban J connectivity index is 1.38. The lowest BCUT2D eigenvalue weighted by Crippen LogP contribution is -2.45. The fourth-order valence-corrected chi connectivity index (χ4v) is 5.09. The topological polar surface area (TPSA) is 60.3 Å². The van der Waals surface area contributed by atoms with E-state index < -0.39 is 0 Å². The van der Waals surface area contributed by atoms with Gasteiger partial charge in [-0.2, -0.15) is 0 Å². The number of hydrogen-bond acceptors (Lipinski definition) is 6. The molecular formula is C19H18N4O2S2. The summed E-state index contributed by atoms with van der Waals surface area (Å²) in [4.78, 5) is 13.6. The number of rotatable bonds is 4. The molecule has 2 aliphatic rings. The Bertz CT molecular complexity index is 984. The summed E-state index contributed by atoms with van der Waals surface area (Å²) in [5.41, 5.74) is 2.80. The van der Waals surface area contributed by atoms with Crippen LogP contribution in [0.1, 0.15) is 33.0 Å². The SMILES string of the molecule is O=C(c1cccs1)N1CCSc2nnc(COc3ccc4c(c3)CCC4)n21. The number of hydrogen-bond donors (Lipinski definition) is 0. The van der Waals surface area contributed by atoms with Crippen LogP contribution in [0.15, 0.2) is 40.9 Å². The Morgan fingerprint density at radius 2 is 2.11 bits per heavy atom. The van der Waals surface area contributed by atoms with Gasteiger partial charge in [0.05, 0.1) is 11.4 Å². The average molecular weight is 399 g/mol. The Kier molecular flexibility index (Phi) is 4.37. The quantitative estimate of drug-likeness (QED) is 0.675. The van der Waals surface area contributed by atoms with Crippen LogP contribution in [-0.4, -0.2) is 33.1 Å². The molecule has 1 aliphatic carbocycles. The summed E-state index contributed by atoms with van der Waals surface area (Å²) in [7, 11) is 0. The normalized spacial score (nSPS) is 15.5. The highest BCUT2D eigenvalue weighted by Crippen LogP contribution is 2.28. The summed E-state index contributed by atoms with van der Waals surface area (Å²) in [6.45, 7) is 0.902. The lowest BCUT2D eigenvalue weighted by molar-refractivity contribution is 0.0957. The van der Waals surface area contributed by atoms with Crippen molar-refractivity contribution in [2.24, 2.45) is 0 Å². The molecule has 2 aromatic heterocycles. The molecule has 0 fully saturated rings. The summed E-state index contributed by atoms with van der Waals surface area (Å²) < 4.78 is 7.80. The van der Waals surface area contributed by atoms with Gasteiger partial charge in [0, 0.05) is 5.75 Å². The maximum Gasteiger partial charge on any atom is 0.282 e. The summed E-state index contributed by atoms with van der Waals surface area (Å²) in [6.07, 6.45) is 3.49. The van der Waals surface area contributed by atoms with Crippen molar-refractivity contribution in [2.45, 2.75) is 31.0 Å². The van der Waals surface area contributed by atoms with Crippen molar-refractivity contribution in [1.29, 1.82) is 0 Å². The zero-order valence-electron chi connectivity index (χ0n) is 14.6. The lowest BCUT2D eigenvalue weighted by Gasteiger charge is -2.28. The lowest BCUT2D eigenvalue weighted by atomic mass is 10.1. The molecule has 0 radical (unpaired) electrons. The van der Waals surface area contributed by atoms with Crippen molar-refractivity contribution < 1.29 is 9.53 Å². The van der Waals surface area contributed by atoms with E-state index in [-0.39, 0.29) is 12.5 Å². The highest BCUT2D eigenvalue weighted by molar-refractivity contribution is 7.99. The van der Waals surface area contributed by atoms with Crippen LogP contribution < -0.4 is 9.75 Å². The predicted molar refractivity (Wildman–Crippen MR) is 105 cm³/mol. The largest absolute Gasteiger partial charge is 0.486 e.